The second-order valence-corrected chi connectivity index (χ2v) is 7.35. The first-order valence-corrected chi connectivity index (χ1v) is 10.3. The molecule has 3 rings (SSSR count). The van der Waals surface area contributed by atoms with Gasteiger partial charge in [0.2, 0.25) is 11.1 Å². The number of amides is 1. The van der Waals surface area contributed by atoms with Crippen molar-refractivity contribution in [1.82, 2.24) is 20.2 Å². The van der Waals surface area contributed by atoms with Gasteiger partial charge in [0.05, 0.1) is 19.4 Å². The van der Waals surface area contributed by atoms with Gasteiger partial charge in [-0.2, -0.15) is 0 Å². The lowest BCUT2D eigenvalue weighted by atomic mass is 10.2. The van der Waals surface area contributed by atoms with Gasteiger partial charge in [0.25, 0.3) is 0 Å². The molecule has 0 atom stereocenters. The molecule has 0 unspecified atom stereocenters. The van der Waals surface area contributed by atoms with E-state index in [1.54, 1.807) is 23.6 Å². The molecule has 9 heteroatoms. The number of nitrogens with zero attached hydrogens (tertiary/aromatic N) is 4. The highest BCUT2D eigenvalue weighted by atomic mass is 32.2. The summed E-state index contributed by atoms with van der Waals surface area (Å²) in [6.45, 7) is 0.525. The zero-order valence-corrected chi connectivity index (χ0v) is 16.6. The second-order valence-electron chi connectivity index (χ2n) is 5.53. The number of hydrogen-bond donors (Lipinski definition) is 1. The predicted octanol–water partition coefficient (Wildman–Crippen LogP) is 3.18. The highest BCUT2D eigenvalue weighted by Gasteiger charge is 2.11. The third-order valence-electron chi connectivity index (χ3n) is 3.70. The number of aromatic nitrogens is 4. The summed E-state index contributed by atoms with van der Waals surface area (Å²) in [5, 5.41) is 15.2. The van der Waals surface area contributed by atoms with Crippen molar-refractivity contribution in [2.24, 2.45) is 0 Å². The predicted molar refractivity (Wildman–Crippen MR) is 107 cm³/mol. The maximum atomic E-state index is 12.2. The summed E-state index contributed by atoms with van der Waals surface area (Å²) >= 11 is 2.96. The van der Waals surface area contributed by atoms with E-state index in [1.807, 2.05) is 54.8 Å². The molecule has 7 nitrogen and oxygen atoms in total. The molecule has 2 aromatic carbocycles. The van der Waals surface area contributed by atoms with Crippen LogP contribution in [0.2, 0.25) is 0 Å². The van der Waals surface area contributed by atoms with Gasteiger partial charge in [-0.1, -0.05) is 23.9 Å². The van der Waals surface area contributed by atoms with E-state index in [1.165, 1.54) is 11.8 Å². The van der Waals surface area contributed by atoms with Gasteiger partial charge < -0.3 is 10.1 Å². The molecule has 1 N–H and O–H groups in total. The lowest BCUT2D eigenvalue weighted by Crippen LogP contribution is -2.14. The van der Waals surface area contributed by atoms with E-state index in [0.717, 1.165) is 21.9 Å². The van der Waals surface area contributed by atoms with Crippen molar-refractivity contribution < 1.29 is 9.53 Å². The number of benzene rings is 2. The minimum atomic E-state index is -0.101. The molecule has 0 saturated carbocycles. The van der Waals surface area contributed by atoms with Crippen LogP contribution < -0.4 is 10.1 Å². The Morgan fingerprint density at radius 2 is 1.89 bits per heavy atom. The van der Waals surface area contributed by atoms with Crippen LogP contribution in [0.5, 0.6) is 5.75 Å². The molecule has 0 aliphatic carbocycles. The van der Waals surface area contributed by atoms with E-state index in [0.29, 0.717) is 11.7 Å². The SMILES string of the molecule is COc1ccc(Cn2nnnc2SCC(=O)Nc2ccc(SC)cc2)cc1. The standard InChI is InChI=1S/C18H19N5O2S2/c1-25-15-7-3-13(4-8-15)11-23-18(20-21-22-23)27-12-17(24)19-14-5-9-16(26-2)10-6-14/h3-10H,11-12H2,1-2H3,(H,19,24). The monoisotopic (exact) mass is 401 g/mol. The topological polar surface area (TPSA) is 81.9 Å². The number of rotatable bonds is 8. The fourth-order valence-electron chi connectivity index (χ4n) is 2.30. The van der Waals surface area contributed by atoms with Crippen LogP contribution in [0.25, 0.3) is 0 Å². The molecule has 0 radical (unpaired) electrons. The molecule has 3 aromatic rings. The average Bonchev–Trinajstić information content (AvgIpc) is 3.14. The molecule has 0 aliphatic heterocycles. The third-order valence-corrected chi connectivity index (χ3v) is 5.40. The molecule has 1 heterocycles. The molecule has 1 amide bonds. The fraction of sp³-hybridized carbons (Fsp3) is 0.222. The van der Waals surface area contributed by atoms with E-state index >= 15 is 0 Å². The van der Waals surface area contributed by atoms with E-state index in [-0.39, 0.29) is 11.7 Å². The Kier molecular flexibility index (Phi) is 6.72. The van der Waals surface area contributed by atoms with Gasteiger partial charge in [-0.3, -0.25) is 4.79 Å². The minimum Gasteiger partial charge on any atom is -0.497 e. The van der Waals surface area contributed by atoms with Crippen molar-refractivity contribution in [3.05, 3.63) is 54.1 Å². The number of carbonyl (C=O) groups is 1. The first-order valence-electron chi connectivity index (χ1n) is 8.13. The van der Waals surface area contributed by atoms with Crippen molar-refractivity contribution in [1.29, 1.82) is 0 Å². The van der Waals surface area contributed by atoms with Crippen LogP contribution in [0.1, 0.15) is 5.56 Å². The van der Waals surface area contributed by atoms with Crippen molar-refractivity contribution in [2.75, 3.05) is 24.4 Å². The molecule has 0 aliphatic rings. The molecular weight excluding hydrogens is 382 g/mol. The normalized spacial score (nSPS) is 10.6. The van der Waals surface area contributed by atoms with Crippen LogP contribution in [0.4, 0.5) is 5.69 Å². The Hall–Kier alpha value is -2.52. The van der Waals surface area contributed by atoms with Crippen LogP contribution in [-0.2, 0) is 11.3 Å². The largest absolute Gasteiger partial charge is 0.497 e. The van der Waals surface area contributed by atoms with Gasteiger partial charge in [-0.25, -0.2) is 4.68 Å². The van der Waals surface area contributed by atoms with Crippen molar-refractivity contribution in [2.45, 2.75) is 16.6 Å². The summed E-state index contributed by atoms with van der Waals surface area (Å²) in [5.74, 6) is 0.927. The molecule has 0 spiro atoms. The third kappa shape index (κ3) is 5.48. The summed E-state index contributed by atoms with van der Waals surface area (Å²) in [5.41, 5.74) is 1.82. The molecule has 1 aromatic heterocycles. The quantitative estimate of drug-likeness (QED) is 0.581. The summed E-state index contributed by atoms with van der Waals surface area (Å²) in [6, 6.07) is 15.4. The van der Waals surface area contributed by atoms with E-state index in [9.17, 15) is 4.79 Å². The summed E-state index contributed by atoms with van der Waals surface area (Å²) in [6.07, 6.45) is 2.01. The lowest BCUT2D eigenvalue weighted by Gasteiger charge is -2.07. The van der Waals surface area contributed by atoms with Crippen molar-refractivity contribution in [3.8, 4) is 5.75 Å². The molecule has 0 bridgehead atoms. The highest BCUT2D eigenvalue weighted by molar-refractivity contribution is 7.99. The Labute approximate surface area is 165 Å². The van der Waals surface area contributed by atoms with Crippen LogP contribution in [0.15, 0.2) is 58.6 Å². The van der Waals surface area contributed by atoms with Crippen LogP contribution >= 0.6 is 23.5 Å². The second kappa shape index (κ2) is 9.43. The number of methoxy groups -OCH3 is 1. The molecular formula is C18H19N5O2S2. The number of ether oxygens (including phenoxy) is 1. The summed E-state index contributed by atoms with van der Waals surface area (Å²) in [4.78, 5) is 13.3. The molecule has 27 heavy (non-hydrogen) atoms. The molecule has 140 valence electrons. The first-order chi connectivity index (χ1) is 13.2. The smallest absolute Gasteiger partial charge is 0.234 e. The Bertz CT molecular complexity index is 882. The zero-order chi connectivity index (χ0) is 19.1. The number of carbonyl (C=O) groups excluding carboxylic acids is 1. The van der Waals surface area contributed by atoms with E-state index < -0.39 is 0 Å². The number of nitrogens with one attached hydrogen (secondary N) is 1. The van der Waals surface area contributed by atoms with Gasteiger partial charge in [0.15, 0.2) is 0 Å². The number of hydrogen-bond acceptors (Lipinski definition) is 7. The Balaban J connectivity index is 1.54. The highest BCUT2D eigenvalue weighted by Crippen LogP contribution is 2.19. The number of tetrazole rings is 1. The lowest BCUT2D eigenvalue weighted by molar-refractivity contribution is -0.113. The van der Waals surface area contributed by atoms with Crippen LogP contribution in [0.3, 0.4) is 0 Å². The molecule has 0 fully saturated rings. The van der Waals surface area contributed by atoms with E-state index in [4.69, 9.17) is 4.74 Å². The van der Waals surface area contributed by atoms with Gasteiger partial charge in [-0.05, 0) is 58.6 Å². The minimum absolute atomic E-state index is 0.101. The van der Waals surface area contributed by atoms with Crippen LogP contribution in [-0.4, -0.2) is 45.2 Å². The zero-order valence-electron chi connectivity index (χ0n) is 15.0. The van der Waals surface area contributed by atoms with Gasteiger partial charge in [-0.15, -0.1) is 16.9 Å². The number of thioether (sulfide) groups is 2. The van der Waals surface area contributed by atoms with Crippen LogP contribution in [0, 0.1) is 0 Å². The average molecular weight is 402 g/mol. The maximum absolute atomic E-state index is 12.2. The van der Waals surface area contributed by atoms with Gasteiger partial charge in [0, 0.05) is 10.6 Å². The van der Waals surface area contributed by atoms with Gasteiger partial charge in [0.1, 0.15) is 5.75 Å². The fourth-order valence-corrected chi connectivity index (χ4v) is 3.39. The Morgan fingerprint density at radius 3 is 2.56 bits per heavy atom. The maximum Gasteiger partial charge on any atom is 0.234 e. The van der Waals surface area contributed by atoms with E-state index in [2.05, 4.69) is 20.8 Å². The summed E-state index contributed by atoms with van der Waals surface area (Å²) in [7, 11) is 1.63. The molecule has 0 saturated heterocycles. The first kappa shape index (κ1) is 19.2. The summed E-state index contributed by atoms with van der Waals surface area (Å²) < 4.78 is 6.83. The van der Waals surface area contributed by atoms with Crippen molar-refractivity contribution in [3.63, 3.8) is 0 Å². The van der Waals surface area contributed by atoms with Crippen molar-refractivity contribution >= 4 is 35.1 Å². The van der Waals surface area contributed by atoms with Gasteiger partial charge >= 0.3 is 0 Å². The Morgan fingerprint density at radius 1 is 1.15 bits per heavy atom. The number of anilines is 1.